The van der Waals surface area contributed by atoms with Gasteiger partial charge in [0.25, 0.3) is 5.91 Å². The largest absolute Gasteiger partial charge is 0.380 e. The van der Waals surface area contributed by atoms with Crippen molar-refractivity contribution in [1.29, 1.82) is 0 Å². The summed E-state index contributed by atoms with van der Waals surface area (Å²) in [5.74, 6) is 0.0950. The Labute approximate surface area is 203 Å². The second-order valence-corrected chi connectivity index (χ2v) is 8.67. The Balaban J connectivity index is 1.69. The summed E-state index contributed by atoms with van der Waals surface area (Å²) in [6.07, 6.45) is 2.06. The Morgan fingerprint density at radius 3 is 2.12 bits per heavy atom. The summed E-state index contributed by atoms with van der Waals surface area (Å²) in [4.78, 5) is 14.7. The number of piperidine rings is 1. The number of amides is 1. The third-order valence-corrected chi connectivity index (χ3v) is 6.55. The molecule has 0 bridgehead atoms. The molecule has 0 aromatic heterocycles. The van der Waals surface area contributed by atoms with Crippen molar-refractivity contribution in [3.63, 3.8) is 0 Å². The van der Waals surface area contributed by atoms with Gasteiger partial charge in [-0.15, -0.1) is 0 Å². The first kappa shape index (κ1) is 23.8. The van der Waals surface area contributed by atoms with Gasteiger partial charge in [0.05, 0.1) is 0 Å². The van der Waals surface area contributed by atoms with E-state index in [2.05, 4.69) is 71.3 Å². The maximum atomic E-state index is 12.8. The second-order valence-electron chi connectivity index (χ2n) is 8.67. The number of rotatable bonds is 8. The summed E-state index contributed by atoms with van der Waals surface area (Å²) < 4.78 is 0. The smallest absolute Gasteiger partial charge is 0.253 e. The summed E-state index contributed by atoms with van der Waals surface area (Å²) in [7, 11) is 0. The van der Waals surface area contributed by atoms with Gasteiger partial charge in [-0.1, -0.05) is 66.2 Å². The van der Waals surface area contributed by atoms with E-state index >= 15 is 0 Å². The molecule has 3 aromatic rings. The third-order valence-electron chi connectivity index (χ3n) is 6.55. The van der Waals surface area contributed by atoms with E-state index < -0.39 is 0 Å². The van der Waals surface area contributed by atoms with Crippen LogP contribution in [0.25, 0.3) is 5.57 Å². The highest BCUT2D eigenvalue weighted by atomic mass is 16.2. The van der Waals surface area contributed by atoms with Gasteiger partial charge in [-0.3, -0.25) is 4.79 Å². The van der Waals surface area contributed by atoms with Crippen molar-refractivity contribution in [2.75, 3.05) is 31.5 Å². The molecule has 0 unspecified atom stereocenters. The predicted octanol–water partition coefficient (Wildman–Crippen LogP) is 5.97. The van der Waals surface area contributed by atoms with Crippen molar-refractivity contribution >= 4 is 17.2 Å². The normalized spacial score (nSPS) is 13.4. The molecule has 1 fully saturated rings. The molecule has 4 nitrogen and oxygen atoms in total. The molecule has 1 amide bonds. The lowest BCUT2D eigenvalue weighted by molar-refractivity contribution is 0.0773. The van der Waals surface area contributed by atoms with Crippen LogP contribution in [0.4, 0.5) is 5.69 Å². The molecule has 0 spiro atoms. The van der Waals surface area contributed by atoms with Crippen molar-refractivity contribution in [2.45, 2.75) is 33.2 Å². The van der Waals surface area contributed by atoms with Crippen molar-refractivity contribution in [3.05, 3.63) is 107 Å². The van der Waals surface area contributed by atoms with Gasteiger partial charge in [-0.25, -0.2) is 0 Å². The number of carbonyl (C=O) groups is 1. The number of nitrogens with zero attached hydrogens (tertiary/aromatic N) is 1. The fraction of sp³-hybridized carbons (Fsp3) is 0.300. The molecular formula is C30H35N3O. The maximum absolute atomic E-state index is 12.8. The average Bonchev–Trinajstić information content (AvgIpc) is 2.90. The van der Waals surface area contributed by atoms with Crippen LogP contribution in [0, 0.1) is 0 Å². The van der Waals surface area contributed by atoms with Crippen molar-refractivity contribution < 1.29 is 4.79 Å². The zero-order valence-electron chi connectivity index (χ0n) is 20.3. The molecule has 1 heterocycles. The van der Waals surface area contributed by atoms with Gasteiger partial charge < -0.3 is 15.5 Å². The number of para-hydroxylation sites is 1. The number of hydrogen-bond donors (Lipinski definition) is 2. The van der Waals surface area contributed by atoms with Gasteiger partial charge in [0.2, 0.25) is 0 Å². The van der Waals surface area contributed by atoms with E-state index in [4.69, 9.17) is 0 Å². The zero-order chi connectivity index (χ0) is 23.8. The minimum absolute atomic E-state index is 0.0950. The molecule has 2 N–H and O–H groups in total. The summed E-state index contributed by atoms with van der Waals surface area (Å²) in [6.45, 7) is 8.26. The number of benzene rings is 3. The molecule has 4 heteroatoms. The summed E-state index contributed by atoms with van der Waals surface area (Å²) in [5, 5.41) is 7.15. The Kier molecular flexibility index (Phi) is 8.16. The molecule has 34 heavy (non-hydrogen) atoms. The molecule has 4 rings (SSSR count). The fourth-order valence-electron chi connectivity index (χ4n) is 4.65. The molecule has 0 aliphatic carbocycles. The first-order valence-corrected chi connectivity index (χ1v) is 12.4. The third kappa shape index (κ3) is 5.57. The molecule has 1 aliphatic heterocycles. The summed E-state index contributed by atoms with van der Waals surface area (Å²) in [6, 6.07) is 27.3. The summed E-state index contributed by atoms with van der Waals surface area (Å²) in [5.41, 5.74) is 8.29. The highest BCUT2D eigenvalue weighted by Crippen LogP contribution is 2.35. The van der Waals surface area contributed by atoms with Crippen molar-refractivity contribution in [2.24, 2.45) is 0 Å². The van der Waals surface area contributed by atoms with Crippen LogP contribution in [-0.4, -0.2) is 37.0 Å². The van der Waals surface area contributed by atoms with E-state index in [-0.39, 0.29) is 5.91 Å². The predicted molar refractivity (Wildman–Crippen MR) is 142 cm³/mol. The minimum Gasteiger partial charge on any atom is -0.380 e. The fourth-order valence-corrected chi connectivity index (χ4v) is 4.65. The van der Waals surface area contributed by atoms with Gasteiger partial charge in [0.15, 0.2) is 0 Å². The van der Waals surface area contributed by atoms with Crippen LogP contribution in [0.1, 0.15) is 53.7 Å². The molecule has 1 saturated heterocycles. The van der Waals surface area contributed by atoms with Crippen molar-refractivity contribution in [1.82, 2.24) is 10.2 Å². The quantitative estimate of drug-likeness (QED) is 0.442. The van der Waals surface area contributed by atoms with Gasteiger partial charge in [-0.2, -0.15) is 0 Å². The Bertz CT molecular complexity index is 1110. The lowest BCUT2D eigenvalue weighted by Gasteiger charge is -2.24. The maximum Gasteiger partial charge on any atom is 0.253 e. The van der Waals surface area contributed by atoms with Crippen LogP contribution < -0.4 is 10.6 Å². The highest BCUT2D eigenvalue weighted by molar-refractivity contribution is 5.95. The molecule has 176 valence electrons. The van der Waals surface area contributed by atoms with Crippen LogP contribution in [0.15, 0.2) is 84.4 Å². The van der Waals surface area contributed by atoms with Gasteiger partial charge in [0.1, 0.15) is 0 Å². The van der Waals surface area contributed by atoms with Crippen LogP contribution in [-0.2, 0) is 6.54 Å². The number of hydrogen-bond acceptors (Lipinski definition) is 3. The number of nitrogens with one attached hydrogen (secondary N) is 2. The van der Waals surface area contributed by atoms with E-state index in [9.17, 15) is 4.79 Å². The first-order valence-electron chi connectivity index (χ1n) is 12.4. The SMILES string of the molecule is CCN(CC)C(=O)c1ccc(C(=C2CCNCC2)c2ccccc2NCc2ccccc2)cc1. The van der Waals surface area contributed by atoms with Gasteiger partial charge in [0, 0.05) is 36.4 Å². The minimum atomic E-state index is 0.0950. The van der Waals surface area contributed by atoms with E-state index in [0.717, 1.165) is 56.8 Å². The highest BCUT2D eigenvalue weighted by Gasteiger charge is 2.18. The number of carbonyl (C=O) groups excluding carboxylic acids is 1. The van der Waals surface area contributed by atoms with Crippen LogP contribution in [0.5, 0.6) is 0 Å². The van der Waals surface area contributed by atoms with E-state index in [0.29, 0.717) is 0 Å². The van der Waals surface area contributed by atoms with Crippen LogP contribution in [0.2, 0.25) is 0 Å². The molecular weight excluding hydrogens is 418 g/mol. The first-order chi connectivity index (χ1) is 16.7. The average molecular weight is 454 g/mol. The topological polar surface area (TPSA) is 44.4 Å². The van der Waals surface area contributed by atoms with E-state index in [1.807, 2.05) is 36.9 Å². The lowest BCUT2D eigenvalue weighted by Crippen LogP contribution is -2.30. The standard InChI is InChI=1S/C30H35N3O/c1-3-33(4-2)30(34)26-16-14-24(15-17-26)29(25-18-20-31-21-19-25)27-12-8-9-13-28(27)32-22-23-10-6-5-7-11-23/h5-17,31-32H,3-4,18-22H2,1-2H3. The Morgan fingerprint density at radius 1 is 0.824 bits per heavy atom. The number of anilines is 1. The van der Waals surface area contributed by atoms with Crippen LogP contribution >= 0.6 is 0 Å². The van der Waals surface area contributed by atoms with Crippen molar-refractivity contribution in [3.8, 4) is 0 Å². The monoisotopic (exact) mass is 453 g/mol. The Hall–Kier alpha value is -3.37. The van der Waals surface area contributed by atoms with E-state index in [1.54, 1.807) is 0 Å². The van der Waals surface area contributed by atoms with Gasteiger partial charge in [-0.05, 0) is 74.7 Å². The molecule has 1 aliphatic rings. The Morgan fingerprint density at radius 2 is 1.44 bits per heavy atom. The van der Waals surface area contributed by atoms with E-state index in [1.165, 1.54) is 27.8 Å². The lowest BCUT2D eigenvalue weighted by atomic mass is 9.87. The molecule has 3 aromatic carbocycles. The second kappa shape index (κ2) is 11.7. The van der Waals surface area contributed by atoms with Gasteiger partial charge >= 0.3 is 0 Å². The molecule has 0 saturated carbocycles. The van der Waals surface area contributed by atoms with Crippen LogP contribution in [0.3, 0.4) is 0 Å². The molecule has 0 radical (unpaired) electrons. The summed E-state index contributed by atoms with van der Waals surface area (Å²) >= 11 is 0. The zero-order valence-corrected chi connectivity index (χ0v) is 20.3. The molecule has 0 atom stereocenters.